The van der Waals surface area contributed by atoms with Crippen molar-refractivity contribution in [3.8, 4) is 0 Å². The highest BCUT2D eigenvalue weighted by molar-refractivity contribution is 6.30. The molecule has 0 aromatic heterocycles. The number of nitrogens with one attached hydrogen (secondary N) is 1. The second-order valence-corrected chi connectivity index (χ2v) is 3.23. The number of amides is 2. The van der Waals surface area contributed by atoms with Crippen LogP contribution in [0, 0.1) is 0 Å². The Kier molecular flexibility index (Phi) is 1.86. The van der Waals surface area contributed by atoms with Gasteiger partial charge in [0.15, 0.2) is 0 Å². The number of carbonyl (C=O) groups excluding carboxylic acids is 1. The molecule has 1 aliphatic rings. The van der Waals surface area contributed by atoms with Gasteiger partial charge in [0.05, 0.1) is 6.54 Å². The highest BCUT2D eigenvalue weighted by Crippen LogP contribution is 2.25. The zero-order valence-corrected chi connectivity index (χ0v) is 7.38. The maximum atomic E-state index is 11.0. The normalized spacial score (nSPS) is 15.2. The molecule has 0 radical (unpaired) electrons. The molecule has 4 nitrogen and oxygen atoms in total. The average molecular weight is 199 g/mol. The molecule has 1 aliphatic heterocycles. The zero-order valence-electron chi connectivity index (χ0n) is 6.62. The average Bonchev–Trinajstić information content (AvgIpc) is 2.08. The van der Waals surface area contributed by atoms with E-state index >= 15 is 0 Å². The Morgan fingerprint density at radius 2 is 2.31 bits per heavy atom. The fourth-order valence-electron chi connectivity index (χ4n) is 1.23. The minimum atomic E-state index is -0.519. The number of hydrogen-bond donors (Lipinski definition) is 2. The Hall–Kier alpha value is -1.26. The molecular formula is C8H7ClN2O2. The van der Waals surface area contributed by atoms with Gasteiger partial charge in [0.2, 0.25) is 0 Å². The lowest BCUT2D eigenvalue weighted by molar-refractivity contribution is -0.0469. The molecule has 0 bridgehead atoms. The van der Waals surface area contributed by atoms with Gasteiger partial charge in [0.25, 0.3) is 0 Å². The first kappa shape index (κ1) is 8.34. The molecule has 68 valence electrons. The van der Waals surface area contributed by atoms with Crippen LogP contribution in [0.3, 0.4) is 0 Å². The highest BCUT2D eigenvalue weighted by Gasteiger charge is 2.20. The van der Waals surface area contributed by atoms with E-state index < -0.39 is 6.03 Å². The smallest absolute Gasteiger partial charge is 0.306 e. The number of hydrogen-bond acceptors (Lipinski definition) is 2. The molecule has 1 aromatic rings. The molecule has 0 saturated heterocycles. The van der Waals surface area contributed by atoms with Crippen LogP contribution < -0.4 is 5.32 Å². The number of carbonyl (C=O) groups is 1. The molecule has 1 aromatic carbocycles. The Bertz CT molecular complexity index is 367. The van der Waals surface area contributed by atoms with Crippen LogP contribution in [0.5, 0.6) is 0 Å². The molecule has 5 heteroatoms. The molecular weight excluding hydrogens is 192 g/mol. The molecule has 0 fully saturated rings. The third-order valence-electron chi connectivity index (χ3n) is 1.86. The Morgan fingerprint density at radius 1 is 1.54 bits per heavy atom. The van der Waals surface area contributed by atoms with E-state index in [2.05, 4.69) is 5.32 Å². The minimum absolute atomic E-state index is 0.168. The van der Waals surface area contributed by atoms with Crippen LogP contribution in [0.15, 0.2) is 18.2 Å². The summed E-state index contributed by atoms with van der Waals surface area (Å²) in [6.45, 7) is 0.168. The SMILES string of the molecule is O=C1Nc2ccc(Cl)cc2CN1O. The van der Waals surface area contributed by atoms with E-state index in [0.717, 1.165) is 5.56 Å². The van der Waals surface area contributed by atoms with E-state index in [1.165, 1.54) is 0 Å². The van der Waals surface area contributed by atoms with E-state index in [1.807, 2.05) is 0 Å². The van der Waals surface area contributed by atoms with Crippen molar-refractivity contribution in [2.45, 2.75) is 6.54 Å². The number of rotatable bonds is 0. The lowest BCUT2D eigenvalue weighted by atomic mass is 10.1. The summed E-state index contributed by atoms with van der Waals surface area (Å²) in [5.74, 6) is 0. The second kappa shape index (κ2) is 2.90. The number of fused-ring (bicyclic) bond motifs is 1. The van der Waals surface area contributed by atoms with Crippen molar-refractivity contribution in [3.63, 3.8) is 0 Å². The van der Waals surface area contributed by atoms with Crippen molar-refractivity contribution in [1.29, 1.82) is 0 Å². The quantitative estimate of drug-likeness (QED) is 0.627. The van der Waals surface area contributed by atoms with Gasteiger partial charge in [-0.05, 0) is 23.8 Å². The summed E-state index contributed by atoms with van der Waals surface area (Å²) in [6.07, 6.45) is 0. The van der Waals surface area contributed by atoms with Crippen LogP contribution in [-0.4, -0.2) is 16.3 Å². The molecule has 13 heavy (non-hydrogen) atoms. The van der Waals surface area contributed by atoms with Crippen LogP contribution >= 0.6 is 11.6 Å². The first-order valence-corrected chi connectivity index (χ1v) is 4.10. The maximum Gasteiger partial charge on any atom is 0.345 e. The van der Waals surface area contributed by atoms with Gasteiger partial charge < -0.3 is 5.32 Å². The number of nitrogens with zero attached hydrogens (tertiary/aromatic N) is 1. The first-order valence-electron chi connectivity index (χ1n) is 3.72. The topological polar surface area (TPSA) is 52.6 Å². The largest absolute Gasteiger partial charge is 0.345 e. The number of urea groups is 1. The third kappa shape index (κ3) is 1.46. The molecule has 2 amide bonds. The second-order valence-electron chi connectivity index (χ2n) is 2.79. The number of hydroxylamine groups is 2. The van der Waals surface area contributed by atoms with Crippen LogP contribution in [0.1, 0.15) is 5.56 Å². The van der Waals surface area contributed by atoms with Gasteiger partial charge in [-0.2, -0.15) is 0 Å². The number of anilines is 1. The summed E-state index contributed by atoms with van der Waals surface area (Å²) in [4.78, 5) is 11.0. The molecule has 0 aliphatic carbocycles. The van der Waals surface area contributed by atoms with Crippen molar-refractivity contribution in [2.24, 2.45) is 0 Å². The lowest BCUT2D eigenvalue weighted by Crippen LogP contribution is -2.35. The van der Waals surface area contributed by atoms with E-state index in [1.54, 1.807) is 18.2 Å². The maximum absolute atomic E-state index is 11.0. The monoisotopic (exact) mass is 198 g/mol. The van der Waals surface area contributed by atoms with Gasteiger partial charge in [-0.25, -0.2) is 9.86 Å². The molecule has 2 N–H and O–H groups in total. The number of benzene rings is 1. The minimum Gasteiger partial charge on any atom is -0.306 e. The van der Waals surface area contributed by atoms with Crippen molar-refractivity contribution in [1.82, 2.24) is 5.06 Å². The van der Waals surface area contributed by atoms with Gasteiger partial charge >= 0.3 is 6.03 Å². The summed E-state index contributed by atoms with van der Waals surface area (Å²) >= 11 is 5.75. The van der Waals surface area contributed by atoms with E-state index in [9.17, 15) is 4.79 Å². The Morgan fingerprint density at radius 3 is 3.08 bits per heavy atom. The van der Waals surface area contributed by atoms with Crippen molar-refractivity contribution in [3.05, 3.63) is 28.8 Å². The van der Waals surface area contributed by atoms with Crippen molar-refractivity contribution < 1.29 is 10.0 Å². The van der Waals surface area contributed by atoms with Gasteiger partial charge in [-0.3, -0.25) is 5.21 Å². The summed E-state index contributed by atoms with van der Waals surface area (Å²) in [5.41, 5.74) is 1.49. The van der Waals surface area contributed by atoms with Gasteiger partial charge in [-0.15, -0.1) is 0 Å². The fourth-order valence-corrected chi connectivity index (χ4v) is 1.42. The molecule has 0 saturated carbocycles. The van der Waals surface area contributed by atoms with E-state index in [0.29, 0.717) is 15.8 Å². The highest BCUT2D eigenvalue weighted by atomic mass is 35.5. The third-order valence-corrected chi connectivity index (χ3v) is 2.10. The van der Waals surface area contributed by atoms with E-state index in [4.69, 9.17) is 16.8 Å². The van der Waals surface area contributed by atoms with Crippen LogP contribution in [0.4, 0.5) is 10.5 Å². The molecule has 0 atom stereocenters. The summed E-state index contributed by atoms with van der Waals surface area (Å²) < 4.78 is 0. The summed E-state index contributed by atoms with van der Waals surface area (Å²) in [6, 6.07) is 4.59. The summed E-state index contributed by atoms with van der Waals surface area (Å²) in [5, 5.41) is 12.8. The number of halogens is 1. The van der Waals surface area contributed by atoms with E-state index in [-0.39, 0.29) is 6.54 Å². The standard InChI is InChI=1S/C8H7ClN2O2/c9-6-1-2-7-5(3-6)4-11(13)8(12)10-7/h1-3,13H,4H2,(H,10,12). The van der Waals surface area contributed by atoms with Gasteiger partial charge in [0.1, 0.15) is 0 Å². The van der Waals surface area contributed by atoms with Crippen molar-refractivity contribution >= 4 is 23.3 Å². The van der Waals surface area contributed by atoms with Crippen molar-refractivity contribution in [2.75, 3.05) is 5.32 Å². The van der Waals surface area contributed by atoms with Gasteiger partial charge in [-0.1, -0.05) is 11.6 Å². The Labute approximate surface area is 79.7 Å². The lowest BCUT2D eigenvalue weighted by Gasteiger charge is -2.23. The predicted octanol–water partition coefficient (Wildman–Crippen LogP) is 2.08. The van der Waals surface area contributed by atoms with Gasteiger partial charge in [0, 0.05) is 10.7 Å². The van der Waals surface area contributed by atoms with Crippen LogP contribution in [-0.2, 0) is 6.54 Å². The fraction of sp³-hybridized carbons (Fsp3) is 0.125. The zero-order chi connectivity index (χ0) is 9.42. The summed E-state index contributed by atoms with van der Waals surface area (Å²) in [7, 11) is 0. The molecule has 0 unspecified atom stereocenters. The first-order chi connectivity index (χ1) is 6.16. The molecule has 0 spiro atoms. The molecule has 1 heterocycles. The van der Waals surface area contributed by atoms with Crippen LogP contribution in [0.2, 0.25) is 5.02 Å². The molecule has 2 rings (SSSR count). The predicted molar refractivity (Wildman–Crippen MR) is 47.8 cm³/mol. The Balaban J connectivity index is 2.42. The van der Waals surface area contributed by atoms with Crippen LogP contribution in [0.25, 0.3) is 0 Å².